The summed E-state index contributed by atoms with van der Waals surface area (Å²) >= 11 is 0. The number of methoxy groups -OCH3 is 1. The van der Waals surface area contributed by atoms with Crippen LogP contribution in [0.1, 0.15) is 25.1 Å². The second kappa shape index (κ2) is 6.53. The first kappa shape index (κ1) is 12.1. The number of rotatable bonds is 7. The lowest BCUT2D eigenvalue weighted by atomic mass is 10.2. The summed E-state index contributed by atoms with van der Waals surface area (Å²) in [6, 6.07) is 0.453. The van der Waals surface area contributed by atoms with Gasteiger partial charge in [0.1, 0.15) is 0 Å². The van der Waals surface area contributed by atoms with Crippen LogP contribution in [0.5, 0.6) is 0 Å². The maximum atomic E-state index is 5.00. The van der Waals surface area contributed by atoms with E-state index >= 15 is 0 Å². The molecule has 0 amide bonds. The predicted molar refractivity (Wildman–Crippen MR) is 56.7 cm³/mol. The molecule has 0 radical (unpaired) electrons. The molecule has 0 aromatic carbocycles. The van der Waals surface area contributed by atoms with E-state index in [1.807, 2.05) is 6.92 Å². The van der Waals surface area contributed by atoms with E-state index < -0.39 is 0 Å². The first-order valence-electron chi connectivity index (χ1n) is 5.24. The molecule has 1 N–H and O–H groups in total. The topological polar surface area (TPSA) is 60.2 Å². The number of nitrogens with one attached hydrogen (secondary N) is 1. The Morgan fingerprint density at radius 2 is 2.33 bits per heavy atom. The summed E-state index contributed by atoms with van der Waals surface area (Å²) in [6.45, 7) is 5.60. The van der Waals surface area contributed by atoms with Gasteiger partial charge in [-0.3, -0.25) is 0 Å². The van der Waals surface area contributed by atoms with E-state index in [9.17, 15) is 0 Å². The molecule has 0 fully saturated rings. The Hall–Kier alpha value is -0.940. The standard InChI is InChI=1S/C10H19N3O2/c1-8(5-7-14-3)11-6-4-10-12-9(2)13-15-10/h8,11H,4-7H2,1-3H3. The van der Waals surface area contributed by atoms with Crippen molar-refractivity contribution in [3.8, 4) is 0 Å². The van der Waals surface area contributed by atoms with Crippen molar-refractivity contribution >= 4 is 0 Å². The van der Waals surface area contributed by atoms with Crippen molar-refractivity contribution in [3.05, 3.63) is 11.7 Å². The number of nitrogens with zero attached hydrogens (tertiary/aromatic N) is 2. The average molecular weight is 213 g/mol. The number of ether oxygens (including phenoxy) is 1. The molecule has 0 aliphatic rings. The molecule has 1 atom stereocenters. The van der Waals surface area contributed by atoms with Crippen molar-refractivity contribution in [1.82, 2.24) is 15.5 Å². The molecule has 0 spiro atoms. The molecule has 0 saturated carbocycles. The summed E-state index contributed by atoms with van der Waals surface area (Å²) in [5.74, 6) is 1.39. The van der Waals surface area contributed by atoms with Crippen LogP contribution in [-0.4, -0.2) is 36.4 Å². The van der Waals surface area contributed by atoms with Gasteiger partial charge in [0.05, 0.1) is 0 Å². The first-order chi connectivity index (χ1) is 7.22. The number of hydrogen-bond acceptors (Lipinski definition) is 5. The summed E-state index contributed by atoms with van der Waals surface area (Å²) in [6.07, 6.45) is 1.79. The summed E-state index contributed by atoms with van der Waals surface area (Å²) in [5.41, 5.74) is 0. The van der Waals surface area contributed by atoms with Gasteiger partial charge in [0.25, 0.3) is 0 Å². The maximum Gasteiger partial charge on any atom is 0.227 e. The van der Waals surface area contributed by atoms with Crippen molar-refractivity contribution in [2.45, 2.75) is 32.7 Å². The number of aromatic nitrogens is 2. The van der Waals surface area contributed by atoms with Crippen LogP contribution in [-0.2, 0) is 11.2 Å². The highest BCUT2D eigenvalue weighted by Crippen LogP contribution is 1.97. The van der Waals surface area contributed by atoms with Crippen molar-refractivity contribution < 1.29 is 9.26 Å². The van der Waals surface area contributed by atoms with Gasteiger partial charge in [-0.1, -0.05) is 5.16 Å². The highest BCUT2D eigenvalue weighted by atomic mass is 16.5. The Kier molecular flexibility index (Phi) is 5.28. The SMILES string of the molecule is COCCC(C)NCCc1nc(C)no1. The van der Waals surface area contributed by atoms with Crippen LogP contribution < -0.4 is 5.32 Å². The minimum atomic E-state index is 0.453. The highest BCUT2D eigenvalue weighted by molar-refractivity contribution is 4.83. The van der Waals surface area contributed by atoms with E-state index in [0.717, 1.165) is 26.0 Å². The largest absolute Gasteiger partial charge is 0.385 e. The lowest BCUT2D eigenvalue weighted by Crippen LogP contribution is -2.29. The van der Waals surface area contributed by atoms with Crippen LogP contribution in [0.15, 0.2) is 4.52 Å². The molecular weight excluding hydrogens is 194 g/mol. The predicted octanol–water partition coefficient (Wildman–Crippen LogP) is 0.935. The van der Waals surface area contributed by atoms with Gasteiger partial charge >= 0.3 is 0 Å². The minimum Gasteiger partial charge on any atom is -0.385 e. The lowest BCUT2D eigenvalue weighted by Gasteiger charge is -2.11. The van der Waals surface area contributed by atoms with Crippen molar-refractivity contribution in [2.75, 3.05) is 20.3 Å². The van der Waals surface area contributed by atoms with E-state index in [1.165, 1.54) is 0 Å². The van der Waals surface area contributed by atoms with Crippen LogP contribution in [0.4, 0.5) is 0 Å². The third kappa shape index (κ3) is 4.90. The quantitative estimate of drug-likeness (QED) is 0.730. The van der Waals surface area contributed by atoms with Crippen LogP contribution in [0.25, 0.3) is 0 Å². The third-order valence-corrected chi connectivity index (χ3v) is 2.16. The smallest absolute Gasteiger partial charge is 0.227 e. The van der Waals surface area contributed by atoms with Gasteiger partial charge in [0.15, 0.2) is 5.82 Å². The fourth-order valence-corrected chi connectivity index (χ4v) is 1.26. The highest BCUT2D eigenvalue weighted by Gasteiger charge is 2.04. The van der Waals surface area contributed by atoms with E-state index in [0.29, 0.717) is 17.8 Å². The molecule has 86 valence electrons. The van der Waals surface area contributed by atoms with E-state index in [1.54, 1.807) is 7.11 Å². The Morgan fingerprint density at radius 3 is 2.93 bits per heavy atom. The van der Waals surface area contributed by atoms with Crippen LogP contribution in [0.3, 0.4) is 0 Å². The summed E-state index contributed by atoms with van der Waals surface area (Å²) in [4.78, 5) is 4.13. The molecule has 0 aliphatic heterocycles. The molecule has 5 nitrogen and oxygen atoms in total. The van der Waals surface area contributed by atoms with Crippen LogP contribution in [0, 0.1) is 6.92 Å². The summed E-state index contributed by atoms with van der Waals surface area (Å²) in [7, 11) is 1.72. The van der Waals surface area contributed by atoms with Gasteiger partial charge in [0.2, 0.25) is 5.89 Å². The second-order valence-corrected chi connectivity index (χ2v) is 3.62. The molecule has 0 aliphatic carbocycles. The summed E-state index contributed by atoms with van der Waals surface area (Å²) in [5, 5.41) is 7.10. The molecule has 5 heteroatoms. The molecule has 1 aromatic rings. The maximum absolute atomic E-state index is 5.00. The number of aryl methyl sites for hydroxylation is 1. The molecule has 15 heavy (non-hydrogen) atoms. The lowest BCUT2D eigenvalue weighted by molar-refractivity contribution is 0.185. The van der Waals surface area contributed by atoms with Gasteiger partial charge in [-0.25, -0.2) is 0 Å². The van der Waals surface area contributed by atoms with E-state index in [2.05, 4.69) is 22.4 Å². The van der Waals surface area contributed by atoms with Crippen LogP contribution >= 0.6 is 0 Å². The molecular formula is C10H19N3O2. The zero-order chi connectivity index (χ0) is 11.1. The van der Waals surface area contributed by atoms with Gasteiger partial charge in [0, 0.05) is 32.7 Å². The Balaban J connectivity index is 2.10. The third-order valence-electron chi connectivity index (χ3n) is 2.16. The fraction of sp³-hybridized carbons (Fsp3) is 0.800. The van der Waals surface area contributed by atoms with Crippen molar-refractivity contribution in [1.29, 1.82) is 0 Å². The molecule has 0 saturated heterocycles. The van der Waals surface area contributed by atoms with Crippen molar-refractivity contribution in [3.63, 3.8) is 0 Å². The van der Waals surface area contributed by atoms with Crippen molar-refractivity contribution in [2.24, 2.45) is 0 Å². The minimum absolute atomic E-state index is 0.453. The van der Waals surface area contributed by atoms with E-state index in [4.69, 9.17) is 9.26 Å². The summed E-state index contributed by atoms with van der Waals surface area (Å²) < 4.78 is 10.0. The Morgan fingerprint density at radius 1 is 1.53 bits per heavy atom. The first-order valence-corrected chi connectivity index (χ1v) is 5.24. The van der Waals surface area contributed by atoms with Gasteiger partial charge in [-0.05, 0) is 20.3 Å². The van der Waals surface area contributed by atoms with Gasteiger partial charge in [-0.2, -0.15) is 4.98 Å². The van der Waals surface area contributed by atoms with Gasteiger partial charge in [-0.15, -0.1) is 0 Å². The molecule has 1 aromatic heterocycles. The zero-order valence-electron chi connectivity index (χ0n) is 9.62. The average Bonchev–Trinajstić information content (AvgIpc) is 2.61. The Labute approximate surface area is 90.2 Å². The fourth-order valence-electron chi connectivity index (χ4n) is 1.26. The van der Waals surface area contributed by atoms with Gasteiger partial charge < -0.3 is 14.6 Å². The molecule has 1 rings (SSSR count). The molecule has 0 bridgehead atoms. The zero-order valence-corrected chi connectivity index (χ0v) is 9.62. The van der Waals surface area contributed by atoms with Crippen LogP contribution in [0.2, 0.25) is 0 Å². The Bertz CT molecular complexity index is 275. The van der Waals surface area contributed by atoms with E-state index in [-0.39, 0.29) is 0 Å². The molecule has 1 unspecified atom stereocenters. The second-order valence-electron chi connectivity index (χ2n) is 3.62. The number of hydrogen-bond donors (Lipinski definition) is 1. The normalized spacial score (nSPS) is 13.0. The monoisotopic (exact) mass is 213 g/mol. The molecule has 1 heterocycles.